The maximum atomic E-state index is 12.3. The van der Waals surface area contributed by atoms with Gasteiger partial charge in [0.05, 0.1) is 0 Å². The minimum Gasteiger partial charge on any atom is -0.480 e. The van der Waals surface area contributed by atoms with Crippen LogP contribution in [0.4, 0.5) is 0 Å². The van der Waals surface area contributed by atoms with Crippen molar-refractivity contribution < 1.29 is 18.3 Å². The van der Waals surface area contributed by atoms with Crippen LogP contribution >= 0.6 is 11.6 Å². The summed E-state index contributed by atoms with van der Waals surface area (Å²) in [5, 5.41) is 11.0. The Balaban J connectivity index is 1.80. The van der Waals surface area contributed by atoms with Gasteiger partial charge in [-0.2, -0.15) is 4.72 Å². The van der Waals surface area contributed by atoms with E-state index in [1.165, 1.54) is 6.08 Å². The van der Waals surface area contributed by atoms with Gasteiger partial charge >= 0.3 is 5.97 Å². The van der Waals surface area contributed by atoms with Crippen molar-refractivity contribution in [3.8, 4) is 0 Å². The third-order valence-corrected chi connectivity index (χ3v) is 5.54. The highest BCUT2D eigenvalue weighted by Crippen LogP contribution is 2.52. The van der Waals surface area contributed by atoms with E-state index in [-0.39, 0.29) is 12.3 Å². The topological polar surface area (TPSA) is 83.5 Å². The number of carboxylic acid groups (broad SMARTS) is 1. The molecule has 2 aromatic carbocycles. The van der Waals surface area contributed by atoms with Gasteiger partial charge in [0.15, 0.2) is 0 Å². The molecular formula is C18H16ClNO4S. The van der Waals surface area contributed by atoms with Crippen molar-refractivity contribution in [1.29, 1.82) is 0 Å². The molecule has 0 bridgehead atoms. The van der Waals surface area contributed by atoms with Gasteiger partial charge in [-0.15, -0.1) is 0 Å². The largest absolute Gasteiger partial charge is 0.480 e. The van der Waals surface area contributed by atoms with E-state index in [9.17, 15) is 18.3 Å². The molecule has 2 atom stereocenters. The van der Waals surface area contributed by atoms with Gasteiger partial charge < -0.3 is 5.11 Å². The number of hydrogen-bond acceptors (Lipinski definition) is 3. The smallest absolute Gasteiger partial charge is 0.325 e. The summed E-state index contributed by atoms with van der Waals surface area (Å²) >= 11 is 5.86. The molecule has 1 aliphatic carbocycles. The molecule has 1 aliphatic rings. The Kier molecular flexibility index (Phi) is 4.69. The van der Waals surface area contributed by atoms with E-state index in [1.54, 1.807) is 48.5 Å². The highest BCUT2D eigenvalue weighted by molar-refractivity contribution is 7.92. The van der Waals surface area contributed by atoms with Gasteiger partial charge in [0.1, 0.15) is 5.54 Å². The van der Waals surface area contributed by atoms with Crippen molar-refractivity contribution in [2.45, 2.75) is 17.9 Å². The number of benzene rings is 2. The maximum absolute atomic E-state index is 12.3. The molecule has 7 heteroatoms. The number of carbonyl (C=O) groups is 1. The van der Waals surface area contributed by atoms with Gasteiger partial charge in [0, 0.05) is 16.3 Å². The minimum atomic E-state index is -3.93. The fourth-order valence-corrected chi connectivity index (χ4v) is 4.23. The van der Waals surface area contributed by atoms with Crippen LogP contribution in [0, 0.1) is 0 Å². The van der Waals surface area contributed by atoms with E-state index < -0.39 is 21.5 Å². The molecule has 0 saturated heterocycles. The third kappa shape index (κ3) is 3.92. The summed E-state index contributed by atoms with van der Waals surface area (Å²) < 4.78 is 27.0. The van der Waals surface area contributed by atoms with Crippen molar-refractivity contribution in [1.82, 2.24) is 4.72 Å². The Morgan fingerprint density at radius 3 is 2.56 bits per heavy atom. The fraction of sp³-hybridized carbons (Fsp3) is 0.167. The first-order valence-corrected chi connectivity index (χ1v) is 9.51. The summed E-state index contributed by atoms with van der Waals surface area (Å²) in [7, 11) is -3.93. The average Bonchev–Trinajstić information content (AvgIpc) is 3.29. The van der Waals surface area contributed by atoms with Crippen molar-refractivity contribution in [2.75, 3.05) is 0 Å². The zero-order valence-electron chi connectivity index (χ0n) is 13.1. The van der Waals surface area contributed by atoms with Crippen molar-refractivity contribution in [3.05, 3.63) is 76.2 Å². The Hall–Kier alpha value is -2.15. The van der Waals surface area contributed by atoms with E-state index >= 15 is 0 Å². The molecule has 1 fully saturated rings. The summed E-state index contributed by atoms with van der Waals surface area (Å²) in [4.78, 5) is 11.7. The SMILES string of the molecule is O=C(O)[C@]1(NS(=O)(=O)C=Cc2cccc(Cl)c2)C[C@@H]1c1ccccc1. The summed E-state index contributed by atoms with van der Waals surface area (Å²) in [6.07, 6.45) is 1.60. The number of aliphatic carboxylic acids is 1. The summed E-state index contributed by atoms with van der Waals surface area (Å²) in [6.45, 7) is 0. The van der Waals surface area contributed by atoms with E-state index in [0.29, 0.717) is 10.6 Å². The molecule has 1 saturated carbocycles. The van der Waals surface area contributed by atoms with Gasteiger partial charge in [-0.1, -0.05) is 54.1 Å². The quantitative estimate of drug-likeness (QED) is 0.809. The zero-order valence-corrected chi connectivity index (χ0v) is 14.7. The molecule has 0 spiro atoms. The molecule has 2 aromatic rings. The van der Waals surface area contributed by atoms with Crippen LogP contribution in [0.25, 0.3) is 6.08 Å². The summed E-state index contributed by atoms with van der Waals surface area (Å²) in [5.41, 5.74) is -0.0946. The molecule has 3 rings (SSSR count). The van der Waals surface area contributed by atoms with E-state index in [4.69, 9.17) is 11.6 Å². The second kappa shape index (κ2) is 6.63. The van der Waals surface area contributed by atoms with E-state index in [0.717, 1.165) is 11.0 Å². The Bertz CT molecular complexity index is 927. The minimum absolute atomic E-state index is 0.219. The number of carboxylic acids is 1. The van der Waals surface area contributed by atoms with Crippen LogP contribution in [0.15, 0.2) is 60.0 Å². The lowest BCUT2D eigenvalue weighted by atomic mass is 10.1. The van der Waals surface area contributed by atoms with Crippen LogP contribution in [0.1, 0.15) is 23.5 Å². The van der Waals surface area contributed by atoms with E-state index in [1.807, 2.05) is 6.07 Å². The molecule has 0 radical (unpaired) electrons. The molecule has 130 valence electrons. The van der Waals surface area contributed by atoms with Crippen molar-refractivity contribution in [3.63, 3.8) is 0 Å². The summed E-state index contributed by atoms with van der Waals surface area (Å²) in [6, 6.07) is 15.7. The normalized spacial score (nSPS) is 22.8. The molecule has 0 unspecified atom stereocenters. The van der Waals surface area contributed by atoms with Crippen molar-refractivity contribution >= 4 is 33.7 Å². The Labute approximate surface area is 151 Å². The monoisotopic (exact) mass is 377 g/mol. The second-order valence-corrected chi connectivity index (χ2v) is 7.95. The lowest BCUT2D eigenvalue weighted by Gasteiger charge is -2.13. The van der Waals surface area contributed by atoms with Crippen LogP contribution in [-0.4, -0.2) is 25.0 Å². The summed E-state index contributed by atoms with van der Waals surface area (Å²) in [5.74, 6) is -1.57. The zero-order chi connectivity index (χ0) is 18.1. The number of rotatable bonds is 6. The number of sulfonamides is 1. The number of hydrogen-bond donors (Lipinski definition) is 2. The molecule has 5 nitrogen and oxygen atoms in total. The molecule has 2 N–H and O–H groups in total. The Morgan fingerprint density at radius 1 is 1.20 bits per heavy atom. The lowest BCUT2D eigenvalue weighted by Crippen LogP contribution is -2.43. The van der Waals surface area contributed by atoms with Crippen molar-refractivity contribution in [2.24, 2.45) is 0 Å². The first-order chi connectivity index (χ1) is 11.8. The lowest BCUT2D eigenvalue weighted by molar-refractivity contribution is -0.140. The molecule has 0 heterocycles. The standard InChI is InChI=1S/C18H16ClNO4S/c19-15-8-4-5-13(11-15)9-10-25(23,24)20-18(17(21)22)12-16(18)14-6-2-1-3-7-14/h1-11,16,20H,12H2,(H,21,22)/t16-,18+/m1/s1. The van der Waals surface area contributed by atoms with Gasteiger partial charge in [0.2, 0.25) is 10.0 Å². The molecule has 0 aliphatic heterocycles. The first kappa shape index (κ1) is 17.7. The highest BCUT2D eigenvalue weighted by Gasteiger charge is 2.63. The molecule has 25 heavy (non-hydrogen) atoms. The highest BCUT2D eigenvalue weighted by atomic mass is 35.5. The van der Waals surface area contributed by atoms with Crippen LogP contribution in [-0.2, 0) is 14.8 Å². The first-order valence-electron chi connectivity index (χ1n) is 7.58. The van der Waals surface area contributed by atoms with Gasteiger partial charge in [-0.3, -0.25) is 4.79 Å². The Morgan fingerprint density at radius 2 is 1.92 bits per heavy atom. The average molecular weight is 378 g/mol. The molecular weight excluding hydrogens is 362 g/mol. The van der Waals surface area contributed by atoms with Crippen LogP contribution in [0.3, 0.4) is 0 Å². The van der Waals surface area contributed by atoms with Gasteiger partial charge in [0.25, 0.3) is 0 Å². The number of nitrogens with one attached hydrogen (secondary N) is 1. The second-order valence-electron chi connectivity index (χ2n) is 5.95. The fourth-order valence-electron chi connectivity index (χ4n) is 2.81. The predicted octanol–water partition coefficient (Wildman–Crippen LogP) is 3.24. The number of halogens is 1. The van der Waals surface area contributed by atoms with Gasteiger partial charge in [-0.05, 0) is 35.8 Å². The van der Waals surface area contributed by atoms with Crippen LogP contribution in [0.5, 0.6) is 0 Å². The van der Waals surface area contributed by atoms with Crippen LogP contribution in [0.2, 0.25) is 5.02 Å². The van der Waals surface area contributed by atoms with Gasteiger partial charge in [-0.25, -0.2) is 8.42 Å². The van der Waals surface area contributed by atoms with E-state index in [2.05, 4.69) is 4.72 Å². The molecule has 0 aromatic heterocycles. The van der Waals surface area contributed by atoms with Crippen LogP contribution < -0.4 is 4.72 Å². The predicted molar refractivity (Wildman–Crippen MR) is 96.7 cm³/mol. The molecule has 0 amide bonds. The maximum Gasteiger partial charge on any atom is 0.325 e. The third-order valence-electron chi connectivity index (χ3n) is 4.16.